The van der Waals surface area contributed by atoms with Gasteiger partial charge in [0.15, 0.2) is 0 Å². The molecule has 1 aromatic rings. The van der Waals surface area contributed by atoms with Gasteiger partial charge in [-0.1, -0.05) is 18.5 Å². The smallest absolute Gasteiger partial charge is 0.321 e. The van der Waals surface area contributed by atoms with Crippen molar-refractivity contribution in [2.45, 2.75) is 24.3 Å². The molecule has 0 aliphatic rings. The summed E-state index contributed by atoms with van der Waals surface area (Å²) in [5.41, 5.74) is 0. The summed E-state index contributed by atoms with van der Waals surface area (Å²) in [6.07, 6.45) is -0.349. The lowest BCUT2D eigenvalue weighted by Crippen LogP contribution is -2.41. The molecule has 0 spiro atoms. The van der Waals surface area contributed by atoms with Crippen LogP contribution in [0.25, 0.3) is 0 Å². The molecule has 1 atom stereocenters. The Hall–Kier alpha value is -1.16. The molecule has 1 aromatic carbocycles. The van der Waals surface area contributed by atoms with E-state index in [0.29, 0.717) is 5.02 Å². The highest BCUT2D eigenvalue weighted by Crippen LogP contribution is 2.15. The van der Waals surface area contributed by atoms with Crippen LogP contribution in [0.15, 0.2) is 29.2 Å². The summed E-state index contributed by atoms with van der Waals surface area (Å²) in [6.45, 7) is 1.43. The minimum atomic E-state index is -4.08. The SMILES string of the molecule is CCS(=O)(=O)CCC(NS(=O)(=O)c1ccc(Cl)cc1)C(=O)O. The van der Waals surface area contributed by atoms with E-state index in [-0.39, 0.29) is 17.1 Å². The quantitative estimate of drug-likeness (QED) is 0.702. The van der Waals surface area contributed by atoms with Gasteiger partial charge in [-0.2, -0.15) is 4.72 Å². The maximum Gasteiger partial charge on any atom is 0.321 e. The van der Waals surface area contributed by atoms with Gasteiger partial charge in [-0.3, -0.25) is 4.79 Å². The predicted octanol–water partition coefficient (Wildman–Crippen LogP) is 0.896. The fourth-order valence-electron chi connectivity index (χ4n) is 1.54. The Morgan fingerprint density at radius 3 is 2.23 bits per heavy atom. The van der Waals surface area contributed by atoms with Gasteiger partial charge in [0, 0.05) is 10.8 Å². The molecule has 1 unspecified atom stereocenters. The van der Waals surface area contributed by atoms with E-state index in [1.54, 1.807) is 0 Å². The molecular weight excluding hydrogens is 354 g/mol. The number of carboxylic acid groups (broad SMARTS) is 1. The molecule has 22 heavy (non-hydrogen) atoms. The van der Waals surface area contributed by atoms with E-state index in [9.17, 15) is 21.6 Å². The molecule has 0 aliphatic heterocycles. The van der Waals surface area contributed by atoms with E-state index < -0.39 is 37.6 Å². The van der Waals surface area contributed by atoms with Crippen molar-refractivity contribution < 1.29 is 26.7 Å². The average Bonchev–Trinajstić information content (AvgIpc) is 2.43. The Kier molecular flexibility index (Phi) is 6.36. The zero-order valence-electron chi connectivity index (χ0n) is 11.7. The molecule has 0 saturated carbocycles. The van der Waals surface area contributed by atoms with Crippen LogP contribution >= 0.6 is 11.6 Å². The fourth-order valence-corrected chi connectivity index (χ4v) is 3.78. The number of nitrogens with one attached hydrogen (secondary N) is 1. The third kappa shape index (κ3) is 5.56. The van der Waals surface area contributed by atoms with Crippen LogP contribution in [0.5, 0.6) is 0 Å². The molecule has 0 amide bonds. The minimum Gasteiger partial charge on any atom is -0.480 e. The lowest BCUT2D eigenvalue weighted by atomic mass is 10.2. The lowest BCUT2D eigenvalue weighted by molar-refractivity contribution is -0.139. The van der Waals surface area contributed by atoms with E-state index in [1.165, 1.54) is 31.2 Å². The molecular formula is C12H16ClNO6S2. The number of sulfonamides is 1. The molecule has 0 aliphatic carbocycles. The highest BCUT2D eigenvalue weighted by atomic mass is 35.5. The Morgan fingerprint density at radius 2 is 1.77 bits per heavy atom. The summed E-state index contributed by atoms with van der Waals surface area (Å²) in [5, 5.41) is 9.39. The number of hydrogen-bond donors (Lipinski definition) is 2. The number of carboxylic acids is 1. The van der Waals surface area contributed by atoms with E-state index in [4.69, 9.17) is 16.7 Å². The summed E-state index contributed by atoms with van der Waals surface area (Å²) in [5.74, 6) is -1.99. The molecule has 10 heteroatoms. The largest absolute Gasteiger partial charge is 0.480 e. The van der Waals surface area contributed by atoms with Crippen molar-refractivity contribution in [1.82, 2.24) is 4.72 Å². The molecule has 124 valence electrons. The number of sulfone groups is 1. The van der Waals surface area contributed by atoms with Crippen molar-refractivity contribution in [1.29, 1.82) is 0 Å². The molecule has 0 saturated heterocycles. The summed E-state index contributed by atoms with van der Waals surface area (Å²) in [6, 6.07) is 3.64. The summed E-state index contributed by atoms with van der Waals surface area (Å²) >= 11 is 5.66. The summed E-state index contributed by atoms with van der Waals surface area (Å²) in [4.78, 5) is 11.0. The Labute approximate surface area is 134 Å². The second-order valence-electron chi connectivity index (χ2n) is 4.49. The maximum absolute atomic E-state index is 12.1. The van der Waals surface area contributed by atoms with Crippen LogP contribution in [0.3, 0.4) is 0 Å². The maximum atomic E-state index is 12.1. The molecule has 7 nitrogen and oxygen atoms in total. The van der Waals surface area contributed by atoms with Crippen molar-refractivity contribution in [3.8, 4) is 0 Å². The first-order valence-electron chi connectivity index (χ1n) is 6.28. The van der Waals surface area contributed by atoms with Gasteiger partial charge in [0.2, 0.25) is 10.0 Å². The van der Waals surface area contributed by atoms with E-state index >= 15 is 0 Å². The second-order valence-corrected chi connectivity index (χ2v) is 9.11. The van der Waals surface area contributed by atoms with Crippen molar-refractivity contribution in [3.63, 3.8) is 0 Å². The van der Waals surface area contributed by atoms with Crippen LogP contribution in [-0.2, 0) is 24.7 Å². The number of halogens is 1. The monoisotopic (exact) mass is 369 g/mol. The second kappa shape index (κ2) is 7.40. The summed E-state index contributed by atoms with van der Waals surface area (Å²) in [7, 11) is -7.47. The van der Waals surface area contributed by atoms with Crippen LogP contribution in [-0.4, -0.2) is 45.5 Å². The highest BCUT2D eigenvalue weighted by molar-refractivity contribution is 7.91. The van der Waals surface area contributed by atoms with Gasteiger partial charge in [0.1, 0.15) is 15.9 Å². The topological polar surface area (TPSA) is 118 Å². The first kappa shape index (κ1) is 18.9. The molecule has 1 rings (SSSR count). The van der Waals surface area contributed by atoms with Gasteiger partial charge in [-0.05, 0) is 30.7 Å². The highest BCUT2D eigenvalue weighted by Gasteiger charge is 2.26. The van der Waals surface area contributed by atoms with Crippen LogP contribution in [0.2, 0.25) is 5.02 Å². The van der Waals surface area contributed by atoms with Gasteiger partial charge in [-0.25, -0.2) is 16.8 Å². The fraction of sp³-hybridized carbons (Fsp3) is 0.417. The van der Waals surface area contributed by atoms with E-state index in [1.807, 2.05) is 4.72 Å². The van der Waals surface area contributed by atoms with Crippen LogP contribution in [0, 0.1) is 0 Å². The van der Waals surface area contributed by atoms with E-state index in [2.05, 4.69) is 0 Å². The van der Waals surface area contributed by atoms with Crippen LogP contribution in [0.4, 0.5) is 0 Å². The Balaban J connectivity index is 2.90. The van der Waals surface area contributed by atoms with Gasteiger partial charge in [-0.15, -0.1) is 0 Å². The average molecular weight is 370 g/mol. The van der Waals surface area contributed by atoms with Gasteiger partial charge < -0.3 is 5.11 Å². The molecule has 2 N–H and O–H groups in total. The normalized spacial score (nSPS) is 13.7. The van der Waals surface area contributed by atoms with Crippen LogP contribution < -0.4 is 4.72 Å². The third-order valence-corrected chi connectivity index (χ3v) is 6.35. The minimum absolute atomic E-state index is 0.136. The predicted molar refractivity (Wildman–Crippen MR) is 82.1 cm³/mol. The number of hydrogen-bond acceptors (Lipinski definition) is 5. The standard InChI is InChI=1S/C12H16ClNO6S2/c1-2-21(17,18)8-7-11(12(15)16)14-22(19,20)10-5-3-9(13)4-6-10/h3-6,11,14H,2,7-8H2,1H3,(H,15,16). The van der Waals surface area contributed by atoms with Crippen molar-refractivity contribution in [2.24, 2.45) is 0 Å². The first-order chi connectivity index (χ1) is 10.1. The number of carbonyl (C=O) groups is 1. The molecule has 0 fully saturated rings. The number of rotatable bonds is 8. The zero-order chi connectivity index (χ0) is 17.0. The van der Waals surface area contributed by atoms with Crippen LogP contribution in [0.1, 0.15) is 13.3 Å². The Morgan fingerprint density at radius 1 is 1.23 bits per heavy atom. The molecule has 0 aromatic heterocycles. The Bertz CT molecular complexity index is 727. The third-order valence-electron chi connectivity index (χ3n) is 2.88. The molecule has 0 bridgehead atoms. The molecule has 0 radical (unpaired) electrons. The van der Waals surface area contributed by atoms with Crippen molar-refractivity contribution >= 4 is 37.4 Å². The zero-order valence-corrected chi connectivity index (χ0v) is 14.1. The number of benzene rings is 1. The lowest BCUT2D eigenvalue weighted by Gasteiger charge is -2.14. The number of aliphatic carboxylic acids is 1. The van der Waals surface area contributed by atoms with Crippen molar-refractivity contribution in [2.75, 3.05) is 11.5 Å². The van der Waals surface area contributed by atoms with Crippen molar-refractivity contribution in [3.05, 3.63) is 29.3 Å². The van der Waals surface area contributed by atoms with Gasteiger partial charge in [0.25, 0.3) is 0 Å². The summed E-state index contributed by atoms with van der Waals surface area (Å²) < 4.78 is 49.0. The van der Waals surface area contributed by atoms with Gasteiger partial charge >= 0.3 is 5.97 Å². The van der Waals surface area contributed by atoms with Gasteiger partial charge in [0.05, 0.1) is 10.6 Å². The first-order valence-corrected chi connectivity index (χ1v) is 9.97. The van der Waals surface area contributed by atoms with E-state index in [0.717, 1.165) is 0 Å². The molecule has 0 heterocycles.